The molecule has 0 radical (unpaired) electrons. The van der Waals surface area contributed by atoms with Crippen LogP contribution in [0.15, 0.2) is 86.0 Å². The third-order valence-electron chi connectivity index (χ3n) is 8.09. The second-order valence-electron chi connectivity index (χ2n) is 11.8. The molecule has 4 heterocycles. The molecule has 3 atom stereocenters. The zero-order valence-electron chi connectivity index (χ0n) is 30.2. The third-order valence-corrected chi connectivity index (χ3v) is 8.56. The molecule has 0 spiro atoms. The Morgan fingerprint density at radius 2 is 1.75 bits per heavy atom. The number of aliphatic imine (C=N–C) groups is 1. The summed E-state index contributed by atoms with van der Waals surface area (Å²) in [4.78, 5) is 31.7. The number of nitrogens with one attached hydrogen (secondary N) is 1. The first-order valence-corrected chi connectivity index (χ1v) is 16.8. The first kappa shape index (κ1) is 40.7. The van der Waals surface area contributed by atoms with Crippen LogP contribution in [0.3, 0.4) is 0 Å². The molecule has 4 aromatic rings. The minimum absolute atomic E-state index is 0.161. The van der Waals surface area contributed by atoms with Gasteiger partial charge < -0.3 is 10.1 Å². The Morgan fingerprint density at radius 1 is 1.10 bits per heavy atom. The van der Waals surface area contributed by atoms with Crippen molar-refractivity contribution >= 4 is 28.9 Å². The molecule has 2 aromatic carbocycles. The maximum absolute atomic E-state index is 14.4. The van der Waals surface area contributed by atoms with Crippen LogP contribution in [0, 0.1) is 26.6 Å². The van der Waals surface area contributed by atoms with Gasteiger partial charge in [0.15, 0.2) is 0 Å². The Balaban J connectivity index is 0.000000795. The molecule has 0 bridgehead atoms. The van der Waals surface area contributed by atoms with E-state index >= 15 is 0 Å². The number of carbonyl (C=O) groups excluding carboxylic acids is 1. The molecule has 1 saturated heterocycles. The van der Waals surface area contributed by atoms with Crippen LogP contribution in [0.25, 0.3) is 11.3 Å². The lowest BCUT2D eigenvalue weighted by atomic mass is 9.92. The monoisotopic (exact) mass is 717 g/mol. The lowest BCUT2D eigenvalue weighted by Crippen LogP contribution is -2.29. The highest BCUT2D eigenvalue weighted by molar-refractivity contribution is 6.33. The van der Waals surface area contributed by atoms with Gasteiger partial charge in [-0.15, -0.1) is 26.3 Å². The van der Waals surface area contributed by atoms with Crippen LogP contribution in [0.2, 0.25) is 5.02 Å². The van der Waals surface area contributed by atoms with Crippen LogP contribution < -0.4 is 10.1 Å². The molecule has 0 aliphatic carbocycles. The van der Waals surface area contributed by atoms with Gasteiger partial charge in [-0.3, -0.25) is 19.6 Å². The van der Waals surface area contributed by atoms with E-state index in [1.165, 1.54) is 19.1 Å². The lowest BCUT2D eigenvalue weighted by molar-refractivity contribution is 0.0952. The van der Waals surface area contributed by atoms with E-state index in [1.54, 1.807) is 42.4 Å². The van der Waals surface area contributed by atoms with Crippen molar-refractivity contribution < 1.29 is 23.1 Å². The lowest BCUT2D eigenvalue weighted by Gasteiger charge is -2.21. The topological polar surface area (TPSA) is 92.0 Å². The van der Waals surface area contributed by atoms with E-state index in [9.17, 15) is 13.6 Å². The van der Waals surface area contributed by atoms with Crippen molar-refractivity contribution in [2.75, 3.05) is 26.9 Å². The number of aromatic nitrogens is 2. The van der Waals surface area contributed by atoms with Gasteiger partial charge in [0, 0.05) is 54.5 Å². The van der Waals surface area contributed by atoms with Crippen LogP contribution in [-0.4, -0.2) is 59.8 Å². The maximum Gasteiger partial charge on any atom is 0.251 e. The van der Waals surface area contributed by atoms with Crippen molar-refractivity contribution in [3.8, 4) is 17.0 Å². The van der Waals surface area contributed by atoms with E-state index in [0.29, 0.717) is 69.0 Å². The van der Waals surface area contributed by atoms with Gasteiger partial charge >= 0.3 is 0 Å². The number of fused-ring (bicyclic) bond motifs is 1. The molecule has 1 amide bonds. The fourth-order valence-corrected chi connectivity index (χ4v) is 5.51. The second kappa shape index (κ2) is 19.0. The smallest absolute Gasteiger partial charge is 0.251 e. The molecule has 3 unspecified atom stereocenters. The molecule has 11 heteroatoms. The van der Waals surface area contributed by atoms with Gasteiger partial charge in [0.1, 0.15) is 30.2 Å². The number of hydrogen-bond donors (Lipinski definition) is 1. The van der Waals surface area contributed by atoms with Crippen molar-refractivity contribution in [1.82, 2.24) is 20.3 Å². The molecule has 2 aromatic heterocycles. The number of amides is 1. The standard InChI is InChI=1S/C34H33ClF2N4O2.C2H5NO.2C2H4/c1-18-13-25(14-19(2)31(18)40-21(4)20(3)36)34(42)39-17-28(23-7-6-8-26(37)15-23)29-16-24-10-12-43-33(24)32(41-29)27-9-11-38-22(5)30(27)35;1-3-2-4-3;2*1-2/h6-9,11,13-16,20,28H,10,12,17H2,1-5H3,(H,39,42);2H2,1H3;2*1-2H2. The van der Waals surface area contributed by atoms with Gasteiger partial charge in [-0.2, -0.15) is 5.06 Å². The molecule has 8 nitrogen and oxygen atoms in total. The highest BCUT2D eigenvalue weighted by Gasteiger charge is 2.27. The summed E-state index contributed by atoms with van der Waals surface area (Å²) >= 11 is 6.66. The highest BCUT2D eigenvalue weighted by atomic mass is 35.5. The summed E-state index contributed by atoms with van der Waals surface area (Å²) in [5.74, 6) is -0.474. The highest BCUT2D eigenvalue weighted by Crippen LogP contribution is 2.41. The number of aryl methyl sites for hydroxylation is 3. The van der Waals surface area contributed by atoms with Crippen LogP contribution in [0.1, 0.15) is 63.8 Å². The molecule has 0 saturated carbocycles. The predicted octanol–water partition coefficient (Wildman–Crippen LogP) is 9.23. The Morgan fingerprint density at radius 3 is 2.33 bits per heavy atom. The first-order valence-electron chi connectivity index (χ1n) is 16.4. The number of halogens is 3. The molecular formula is C40H46ClF2N5O3. The summed E-state index contributed by atoms with van der Waals surface area (Å²) in [6.45, 7) is 22.1. The number of nitrogens with zero attached hydrogens (tertiary/aromatic N) is 4. The molecule has 2 aliphatic heterocycles. The maximum atomic E-state index is 14.4. The molecule has 6 rings (SSSR count). The zero-order valence-corrected chi connectivity index (χ0v) is 30.9. The van der Waals surface area contributed by atoms with E-state index in [4.69, 9.17) is 21.3 Å². The van der Waals surface area contributed by atoms with Crippen molar-refractivity contribution in [2.24, 2.45) is 4.99 Å². The molecular weight excluding hydrogens is 672 g/mol. The van der Waals surface area contributed by atoms with E-state index in [2.05, 4.69) is 46.4 Å². The average molecular weight is 718 g/mol. The van der Waals surface area contributed by atoms with E-state index in [0.717, 1.165) is 23.4 Å². The number of benzene rings is 2. The van der Waals surface area contributed by atoms with E-state index in [1.807, 2.05) is 40.0 Å². The molecule has 1 N–H and O–H groups in total. The normalized spacial score (nSPS) is 15.2. The van der Waals surface area contributed by atoms with E-state index < -0.39 is 12.1 Å². The average Bonchev–Trinajstić information content (AvgIpc) is 3.76. The summed E-state index contributed by atoms with van der Waals surface area (Å²) in [5, 5.41) is 5.26. The van der Waals surface area contributed by atoms with Gasteiger partial charge in [0.2, 0.25) is 0 Å². The minimum Gasteiger partial charge on any atom is -0.491 e. The van der Waals surface area contributed by atoms with Crippen LogP contribution in [0.4, 0.5) is 14.5 Å². The Hall–Kier alpha value is -4.77. The summed E-state index contributed by atoms with van der Waals surface area (Å²) in [6.07, 6.45) is 1.20. The molecule has 2 aliphatic rings. The number of carbonyl (C=O) groups is 1. The summed E-state index contributed by atoms with van der Waals surface area (Å²) in [7, 11) is 1.89. The minimum atomic E-state index is -1.17. The number of rotatable bonds is 8. The Kier molecular flexibility index (Phi) is 15.2. The summed E-state index contributed by atoms with van der Waals surface area (Å²) in [5.41, 5.74) is 7.26. The molecule has 270 valence electrons. The van der Waals surface area contributed by atoms with Gasteiger partial charge in [-0.1, -0.05) is 23.7 Å². The molecule has 1 fully saturated rings. The van der Waals surface area contributed by atoms with Crippen molar-refractivity contribution in [3.05, 3.63) is 131 Å². The van der Waals surface area contributed by atoms with Crippen LogP contribution >= 0.6 is 11.6 Å². The number of alkyl halides is 1. The fourth-order valence-electron chi connectivity index (χ4n) is 5.31. The van der Waals surface area contributed by atoms with Crippen LogP contribution in [-0.2, 0) is 11.3 Å². The summed E-state index contributed by atoms with van der Waals surface area (Å²) in [6, 6.07) is 13.6. The van der Waals surface area contributed by atoms with Crippen molar-refractivity contribution in [1.29, 1.82) is 0 Å². The fraction of sp³-hybridized carbons (Fsp3) is 0.300. The van der Waals surface area contributed by atoms with Gasteiger partial charge in [-0.05, 0) is 87.7 Å². The number of hydroxylamine groups is 2. The van der Waals surface area contributed by atoms with Gasteiger partial charge in [0.25, 0.3) is 5.91 Å². The van der Waals surface area contributed by atoms with Crippen molar-refractivity contribution in [2.45, 2.75) is 53.1 Å². The first-order chi connectivity index (χ1) is 24.4. The quantitative estimate of drug-likeness (QED) is 0.111. The largest absolute Gasteiger partial charge is 0.491 e. The van der Waals surface area contributed by atoms with Gasteiger partial charge in [0.05, 0.1) is 28.7 Å². The van der Waals surface area contributed by atoms with E-state index in [-0.39, 0.29) is 18.3 Å². The Bertz CT molecular complexity index is 1840. The number of hydrogen-bond acceptors (Lipinski definition) is 7. The SMILES string of the molecule is C=C.C=C.CC(=Nc1c(C)cc(C(=O)NCC(c2cccc(F)c2)c2cc3c(c(-c4ccnc(C)c4Cl)n2)OCC3)cc1C)C(C)F.CN1CO1. The zero-order chi connectivity index (χ0) is 37.8. The van der Waals surface area contributed by atoms with Crippen molar-refractivity contribution in [3.63, 3.8) is 0 Å². The number of pyridine rings is 2. The van der Waals surface area contributed by atoms with Gasteiger partial charge in [-0.25, -0.2) is 13.8 Å². The third kappa shape index (κ3) is 10.6. The van der Waals surface area contributed by atoms with Crippen LogP contribution in [0.5, 0.6) is 5.75 Å². The molecule has 51 heavy (non-hydrogen) atoms. The summed E-state index contributed by atoms with van der Waals surface area (Å²) < 4.78 is 34.1. The second-order valence-corrected chi connectivity index (χ2v) is 12.1. The number of ether oxygens (including phenoxy) is 1. The predicted molar refractivity (Wildman–Crippen MR) is 202 cm³/mol. The Labute approximate surface area is 304 Å².